The Balaban J connectivity index is 2.98. The highest BCUT2D eigenvalue weighted by molar-refractivity contribution is 6.32. The number of nitrogens with two attached hydrogens (primary N) is 1. The molecule has 0 aliphatic heterocycles. The molecule has 0 unspecified atom stereocenters. The van der Waals surface area contributed by atoms with Gasteiger partial charge in [-0.05, 0) is 44.0 Å². The van der Waals surface area contributed by atoms with E-state index in [0.29, 0.717) is 18.0 Å². The summed E-state index contributed by atoms with van der Waals surface area (Å²) in [5, 5.41) is 1.76. The van der Waals surface area contributed by atoms with Gasteiger partial charge in [-0.1, -0.05) is 17.7 Å². The Morgan fingerprint density at radius 1 is 1.28 bits per heavy atom. The van der Waals surface area contributed by atoms with Gasteiger partial charge in [-0.15, -0.1) is 0 Å². The summed E-state index contributed by atoms with van der Waals surface area (Å²) in [6.07, 6.45) is 0.607. The van der Waals surface area contributed by atoms with E-state index in [9.17, 15) is 4.79 Å². The second-order valence-corrected chi connectivity index (χ2v) is 4.98. The average Bonchev–Trinajstić information content (AvgIpc) is 2.35. The van der Waals surface area contributed by atoms with Gasteiger partial charge in [0, 0.05) is 23.0 Å². The van der Waals surface area contributed by atoms with Crippen LogP contribution in [0.3, 0.4) is 0 Å². The Labute approximate surface area is 111 Å². The van der Waals surface area contributed by atoms with Crippen molar-refractivity contribution in [2.75, 3.05) is 6.54 Å². The standard InChI is InChI=1S/C14H17ClN2O/c1-8-10-4-5-12(15)9(2)13(10)17(3)14(18)11(8)6-7-16/h4-5H,6-7,16H2,1-3H3. The number of rotatable bonds is 2. The molecule has 2 rings (SSSR count). The lowest BCUT2D eigenvalue weighted by atomic mass is 10.00. The molecule has 0 amide bonds. The molecular weight excluding hydrogens is 248 g/mol. The minimum Gasteiger partial charge on any atom is -0.330 e. The fourth-order valence-electron chi connectivity index (χ4n) is 2.48. The molecule has 0 saturated carbocycles. The maximum Gasteiger partial charge on any atom is 0.254 e. The van der Waals surface area contributed by atoms with E-state index in [1.807, 2.05) is 26.0 Å². The monoisotopic (exact) mass is 264 g/mol. The van der Waals surface area contributed by atoms with Crippen LogP contribution in [0.15, 0.2) is 16.9 Å². The fourth-order valence-corrected chi connectivity index (χ4v) is 2.63. The van der Waals surface area contributed by atoms with Gasteiger partial charge in [0.2, 0.25) is 0 Å². The van der Waals surface area contributed by atoms with Gasteiger partial charge in [0.25, 0.3) is 5.56 Å². The zero-order valence-electron chi connectivity index (χ0n) is 10.9. The molecule has 1 aromatic carbocycles. The Morgan fingerprint density at radius 3 is 2.56 bits per heavy atom. The summed E-state index contributed by atoms with van der Waals surface area (Å²) >= 11 is 6.13. The summed E-state index contributed by atoms with van der Waals surface area (Å²) in [5.41, 5.74) is 9.26. The molecule has 0 fully saturated rings. The van der Waals surface area contributed by atoms with Gasteiger partial charge in [-0.25, -0.2) is 0 Å². The highest BCUT2D eigenvalue weighted by atomic mass is 35.5. The summed E-state index contributed by atoms with van der Waals surface area (Å²) in [6, 6.07) is 3.85. The van der Waals surface area contributed by atoms with Gasteiger partial charge < -0.3 is 10.3 Å². The Morgan fingerprint density at radius 2 is 1.94 bits per heavy atom. The van der Waals surface area contributed by atoms with Gasteiger partial charge in [0.1, 0.15) is 0 Å². The zero-order valence-corrected chi connectivity index (χ0v) is 11.6. The van der Waals surface area contributed by atoms with Crippen LogP contribution >= 0.6 is 11.6 Å². The van der Waals surface area contributed by atoms with E-state index in [2.05, 4.69) is 0 Å². The second-order valence-electron chi connectivity index (χ2n) is 4.57. The molecule has 4 heteroatoms. The van der Waals surface area contributed by atoms with E-state index < -0.39 is 0 Å². The fraction of sp³-hybridized carbons (Fsp3) is 0.357. The number of aryl methyl sites for hydroxylation is 3. The quantitative estimate of drug-likeness (QED) is 0.905. The number of hydrogen-bond donors (Lipinski definition) is 1. The number of halogens is 1. The third-order valence-electron chi connectivity index (χ3n) is 3.51. The number of pyridine rings is 1. The van der Waals surface area contributed by atoms with E-state index in [1.54, 1.807) is 11.6 Å². The summed E-state index contributed by atoms with van der Waals surface area (Å²) in [7, 11) is 1.79. The number of hydrogen-bond acceptors (Lipinski definition) is 2. The van der Waals surface area contributed by atoms with E-state index in [-0.39, 0.29) is 5.56 Å². The SMILES string of the molecule is Cc1c(CCN)c(=O)n(C)c2c(C)c(Cl)ccc12. The van der Waals surface area contributed by atoms with Crippen molar-refractivity contribution < 1.29 is 0 Å². The van der Waals surface area contributed by atoms with Crippen molar-refractivity contribution in [2.24, 2.45) is 12.8 Å². The third kappa shape index (κ3) is 1.84. The molecule has 0 bridgehead atoms. The van der Waals surface area contributed by atoms with Crippen LogP contribution in [-0.2, 0) is 13.5 Å². The molecule has 3 nitrogen and oxygen atoms in total. The molecule has 0 aliphatic rings. The molecule has 0 saturated heterocycles. The van der Waals surface area contributed by atoms with E-state index >= 15 is 0 Å². The minimum atomic E-state index is 0.0239. The smallest absolute Gasteiger partial charge is 0.254 e. The third-order valence-corrected chi connectivity index (χ3v) is 3.92. The maximum atomic E-state index is 12.3. The predicted octanol–water partition coefficient (Wildman–Crippen LogP) is 2.31. The lowest BCUT2D eigenvalue weighted by Gasteiger charge is -2.15. The van der Waals surface area contributed by atoms with Gasteiger partial charge in [-0.3, -0.25) is 4.79 Å². The highest BCUT2D eigenvalue weighted by Crippen LogP contribution is 2.27. The van der Waals surface area contributed by atoms with E-state index in [0.717, 1.165) is 27.6 Å². The minimum absolute atomic E-state index is 0.0239. The second kappa shape index (κ2) is 4.75. The molecule has 0 atom stereocenters. The normalized spacial score (nSPS) is 11.2. The lowest BCUT2D eigenvalue weighted by Crippen LogP contribution is -2.25. The van der Waals surface area contributed by atoms with Crippen LogP contribution in [0.4, 0.5) is 0 Å². The lowest BCUT2D eigenvalue weighted by molar-refractivity contribution is 0.847. The van der Waals surface area contributed by atoms with Crippen molar-refractivity contribution in [3.8, 4) is 0 Å². The summed E-state index contributed by atoms with van der Waals surface area (Å²) in [4.78, 5) is 12.3. The van der Waals surface area contributed by atoms with E-state index in [4.69, 9.17) is 17.3 Å². The summed E-state index contributed by atoms with van der Waals surface area (Å²) in [5.74, 6) is 0. The number of nitrogens with zero attached hydrogens (tertiary/aromatic N) is 1. The molecule has 0 spiro atoms. The van der Waals surface area contributed by atoms with Crippen LogP contribution in [0.5, 0.6) is 0 Å². The first-order valence-corrected chi connectivity index (χ1v) is 6.34. The van der Waals surface area contributed by atoms with Crippen LogP contribution in [0.2, 0.25) is 5.02 Å². The number of aromatic nitrogens is 1. The molecule has 18 heavy (non-hydrogen) atoms. The van der Waals surface area contributed by atoms with Crippen LogP contribution in [0, 0.1) is 13.8 Å². The molecule has 0 radical (unpaired) electrons. The van der Waals surface area contributed by atoms with Gasteiger partial charge in [0.05, 0.1) is 5.52 Å². The molecule has 96 valence electrons. The van der Waals surface area contributed by atoms with Gasteiger partial charge in [-0.2, -0.15) is 0 Å². The first kappa shape index (κ1) is 13.1. The van der Waals surface area contributed by atoms with Crippen LogP contribution in [-0.4, -0.2) is 11.1 Å². The largest absolute Gasteiger partial charge is 0.330 e. The van der Waals surface area contributed by atoms with Crippen molar-refractivity contribution in [2.45, 2.75) is 20.3 Å². The van der Waals surface area contributed by atoms with Crippen LogP contribution in [0.1, 0.15) is 16.7 Å². The molecule has 2 N–H and O–H groups in total. The van der Waals surface area contributed by atoms with E-state index in [1.165, 1.54) is 0 Å². The molecule has 1 heterocycles. The van der Waals surface area contributed by atoms with Crippen molar-refractivity contribution in [3.63, 3.8) is 0 Å². The Bertz CT molecular complexity index is 674. The molecule has 0 aliphatic carbocycles. The first-order valence-electron chi connectivity index (χ1n) is 5.96. The Hall–Kier alpha value is -1.32. The average molecular weight is 265 g/mol. The Kier molecular flexibility index (Phi) is 3.46. The topological polar surface area (TPSA) is 48.0 Å². The molecule has 1 aromatic heterocycles. The molecular formula is C14H17ClN2O. The van der Waals surface area contributed by atoms with Crippen molar-refractivity contribution in [3.05, 3.63) is 44.2 Å². The van der Waals surface area contributed by atoms with Crippen molar-refractivity contribution in [1.29, 1.82) is 0 Å². The zero-order chi connectivity index (χ0) is 13.4. The van der Waals surface area contributed by atoms with Crippen molar-refractivity contribution >= 4 is 22.5 Å². The predicted molar refractivity (Wildman–Crippen MR) is 76.4 cm³/mol. The number of benzene rings is 1. The highest BCUT2D eigenvalue weighted by Gasteiger charge is 2.14. The van der Waals surface area contributed by atoms with Gasteiger partial charge in [0.15, 0.2) is 0 Å². The summed E-state index contributed by atoms with van der Waals surface area (Å²) < 4.78 is 1.68. The maximum absolute atomic E-state index is 12.3. The van der Waals surface area contributed by atoms with Gasteiger partial charge >= 0.3 is 0 Å². The number of fused-ring (bicyclic) bond motifs is 1. The summed E-state index contributed by atoms with van der Waals surface area (Å²) in [6.45, 7) is 4.39. The van der Waals surface area contributed by atoms with Crippen molar-refractivity contribution in [1.82, 2.24) is 4.57 Å². The molecule has 2 aromatic rings. The first-order chi connectivity index (χ1) is 8.49. The van der Waals surface area contributed by atoms with Crippen LogP contribution in [0.25, 0.3) is 10.9 Å². The van der Waals surface area contributed by atoms with Crippen LogP contribution < -0.4 is 11.3 Å².